The first-order chi connectivity index (χ1) is 6.34. The molecule has 0 aliphatic carbocycles. The van der Waals surface area contributed by atoms with Gasteiger partial charge in [0.15, 0.2) is 0 Å². The number of hydrogen-bond acceptors (Lipinski definition) is 4. The molecule has 1 amide bonds. The highest BCUT2D eigenvalue weighted by Crippen LogP contribution is 1.91. The van der Waals surface area contributed by atoms with Crippen LogP contribution in [0.3, 0.4) is 0 Å². The van der Waals surface area contributed by atoms with Crippen molar-refractivity contribution in [2.45, 2.75) is 0 Å². The average molecular weight is 179 g/mol. The molecule has 13 heavy (non-hydrogen) atoms. The van der Waals surface area contributed by atoms with Gasteiger partial charge >= 0.3 is 0 Å². The summed E-state index contributed by atoms with van der Waals surface area (Å²) in [5.74, 6) is -0.318. The lowest BCUT2D eigenvalue weighted by atomic mass is 10.3. The molecule has 5 nitrogen and oxygen atoms in total. The van der Waals surface area contributed by atoms with Gasteiger partial charge < -0.3 is 10.2 Å². The number of pyridine rings is 1. The van der Waals surface area contributed by atoms with Crippen LogP contribution in [0.4, 0.5) is 0 Å². The van der Waals surface area contributed by atoms with Crippen molar-refractivity contribution in [3.05, 3.63) is 30.1 Å². The standard InChI is InChI=1S/C8H9N3O2/c1-13-11-6-10-8(12)7-4-2-3-5-9-7/h2-6H,1H3,(H,10,11,12). The highest BCUT2D eigenvalue weighted by molar-refractivity contribution is 5.98. The van der Waals surface area contributed by atoms with E-state index in [-0.39, 0.29) is 5.91 Å². The second-order valence-electron chi connectivity index (χ2n) is 2.11. The van der Waals surface area contributed by atoms with Gasteiger partial charge in [-0.3, -0.25) is 9.78 Å². The Balaban J connectivity index is 2.54. The minimum atomic E-state index is -0.318. The molecule has 0 bridgehead atoms. The van der Waals surface area contributed by atoms with E-state index in [1.165, 1.54) is 7.11 Å². The number of hydrogen-bond donors (Lipinski definition) is 1. The van der Waals surface area contributed by atoms with Crippen LogP contribution in [0.2, 0.25) is 0 Å². The van der Waals surface area contributed by atoms with Crippen LogP contribution in [0.1, 0.15) is 10.5 Å². The normalized spacial score (nSPS) is 9.92. The lowest BCUT2D eigenvalue weighted by Crippen LogP contribution is -2.22. The van der Waals surface area contributed by atoms with Crippen LogP contribution in [0.5, 0.6) is 0 Å². The zero-order valence-corrected chi connectivity index (χ0v) is 7.10. The first kappa shape index (κ1) is 9.18. The fourth-order valence-corrected chi connectivity index (χ4v) is 0.709. The molecule has 1 aromatic heterocycles. The Bertz CT molecular complexity index is 298. The summed E-state index contributed by atoms with van der Waals surface area (Å²) in [6.45, 7) is 0. The Morgan fingerprint density at radius 3 is 3.15 bits per heavy atom. The van der Waals surface area contributed by atoms with Crippen LogP contribution in [-0.4, -0.2) is 24.3 Å². The van der Waals surface area contributed by atoms with E-state index in [4.69, 9.17) is 0 Å². The molecule has 1 aromatic rings. The maximum atomic E-state index is 11.2. The zero-order chi connectivity index (χ0) is 9.52. The molecule has 0 radical (unpaired) electrons. The number of oxime groups is 1. The van der Waals surface area contributed by atoms with Crippen LogP contribution in [-0.2, 0) is 4.84 Å². The third-order valence-corrected chi connectivity index (χ3v) is 1.25. The quantitative estimate of drug-likeness (QED) is 0.415. The van der Waals surface area contributed by atoms with Crippen molar-refractivity contribution in [1.29, 1.82) is 0 Å². The molecule has 0 saturated carbocycles. The molecule has 0 saturated heterocycles. The summed E-state index contributed by atoms with van der Waals surface area (Å²) in [5.41, 5.74) is 0.338. The first-order valence-electron chi connectivity index (χ1n) is 3.61. The van der Waals surface area contributed by atoms with E-state index in [2.05, 4.69) is 20.3 Å². The number of nitrogens with zero attached hydrogens (tertiary/aromatic N) is 2. The van der Waals surface area contributed by atoms with E-state index in [0.717, 1.165) is 6.34 Å². The van der Waals surface area contributed by atoms with Gasteiger partial charge in [-0.15, -0.1) is 0 Å². The predicted octanol–water partition coefficient (Wildman–Crippen LogP) is 0.401. The van der Waals surface area contributed by atoms with E-state index in [0.29, 0.717) is 5.69 Å². The predicted molar refractivity (Wildman–Crippen MR) is 47.2 cm³/mol. The second kappa shape index (κ2) is 4.87. The smallest absolute Gasteiger partial charge is 0.275 e. The molecule has 1 rings (SSSR count). The highest BCUT2D eigenvalue weighted by atomic mass is 16.6. The van der Waals surface area contributed by atoms with Gasteiger partial charge in [-0.1, -0.05) is 11.2 Å². The monoisotopic (exact) mass is 179 g/mol. The van der Waals surface area contributed by atoms with Crippen LogP contribution in [0, 0.1) is 0 Å². The summed E-state index contributed by atoms with van der Waals surface area (Å²) in [6, 6.07) is 5.07. The summed E-state index contributed by atoms with van der Waals surface area (Å²) < 4.78 is 0. The number of rotatable bonds is 3. The average Bonchev–Trinajstić information content (AvgIpc) is 2.19. The second-order valence-corrected chi connectivity index (χ2v) is 2.11. The number of amides is 1. The van der Waals surface area contributed by atoms with Gasteiger partial charge in [-0.2, -0.15) is 0 Å². The van der Waals surface area contributed by atoms with Gasteiger partial charge in [0, 0.05) is 6.20 Å². The van der Waals surface area contributed by atoms with Crippen molar-refractivity contribution in [2.75, 3.05) is 7.11 Å². The van der Waals surface area contributed by atoms with Crippen molar-refractivity contribution in [3.8, 4) is 0 Å². The Kier molecular flexibility index (Phi) is 3.44. The molecule has 1 N–H and O–H groups in total. The molecule has 0 aliphatic rings. The zero-order valence-electron chi connectivity index (χ0n) is 7.10. The molecule has 0 aliphatic heterocycles. The maximum absolute atomic E-state index is 11.2. The summed E-state index contributed by atoms with van der Waals surface area (Å²) in [7, 11) is 1.39. The van der Waals surface area contributed by atoms with Gasteiger partial charge in [0.25, 0.3) is 5.91 Å². The topological polar surface area (TPSA) is 63.6 Å². The number of aromatic nitrogens is 1. The minimum Gasteiger partial charge on any atom is -0.398 e. The van der Waals surface area contributed by atoms with Crippen molar-refractivity contribution in [3.63, 3.8) is 0 Å². The Hall–Kier alpha value is -1.91. The molecule has 68 valence electrons. The minimum absolute atomic E-state index is 0.318. The third-order valence-electron chi connectivity index (χ3n) is 1.25. The molecular weight excluding hydrogens is 170 g/mol. The SMILES string of the molecule is CON=CNC(=O)c1ccccn1. The van der Waals surface area contributed by atoms with E-state index in [1.54, 1.807) is 24.4 Å². The van der Waals surface area contributed by atoms with E-state index in [1.807, 2.05) is 0 Å². The maximum Gasteiger partial charge on any atom is 0.275 e. The van der Waals surface area contributed by atoms with Crippen molar-refractivity contribution in [2.24, 2.45) is 5.16 Å². The fourth-order valence-electron chi connectivity index (χ4n) is 0.709. The third kappa shape index (κ3) is 2.90. The molecule has 0 spiro atoms. The van der Waals surface area contributed by atoms with Crippen LogP contribution < -0.4 is 5.32 Å². The van der Waals surface area contributed by atoms with E-state index < -0.39 is 0 Å². The summed E-state index contributed by atoms with van der Waals surface area (Å²) >= 11 is 0. The molecule has 0 fully saturated rings. The first-order valence-corrected chi connectivity index (χ1v) is 3.61. The molecule has 1 heterocycles. The molecule has 0 atom stereocenters. The van der Waals surface area contributed by atoms with Gasteiger partial charge in [0.1, 0.15) is 19.1 Å². The van der Waals surface area contributed by atoms with Crippen molar-refractivity contribution in [1.82, 2.24) is 10.3 Å². The van der Waals surface area contributed by atoms with Crippen molar-refractivity contribution >= 4 is 12.2 Å². The summed E-state index contributed by atoms with van der Waals surface area (Å²) in [5, 5.41) is 5.73. The molecule has 0 unspecified atom stereocenters. The van der Waals surface area contributed by atoms with E-state index in [9.17, 15) is 4.79 Å². The lowest BCUT2D eigenvalue weighted by molar-refractivity contribution is 0.0971. The fraction of sp³-hybridized carbons (Fsp3) is 0.125. The lowest BCUT2D eigenvalue weighted by Gasteiger charge is -1.96. The van der Waals surface area contributed by atoms with Crippen LogP contribution in [0.15, 0.2) is 29.6 Å². The Labute approximate surface area is 75.4 Å². The summed E-state index contributed by atoms with van der Waals surface area (Å²) in [6.07, 6.45) is 2.71. The Morgan fingerprint density at radius 1 is 1.69 bits per heavy atom. The van der Waals surface area contributed by atoms with Gasteiger partial charge in [-0.25, -0.2) is 0 Å². The summed E-state index contributed by atoms with van der Waals surface area (Å²) in [4.78, 5) is 19.4. The number of carbonyl (C=O) groups excluding carboxylic acids is 1. The molecular formula is C8H9N3O2. The van der Waals surface area contributed by atoms with Gasteiger partial charge in [-0.05, 0) is 12.1 Å². The van der Waals surface area contributed by atoms with Crippen LogP contribution in [0.25, 0.3) is 0 Å². The van der Waals surface area contributed by atoms with Crippen molar-refractivity contribution < 1.29 is 9.63 Å². The van der Waals surface area contributed by atoms with E-state index >= 15 is 0 Å². The highest BCUT2D eigenvalue weighted by Gasteiger charge is 2.02. The van der Waals surface area contributed by atoms with Gasteiger partial charge in [0.2, 0.25) is 0 Å². The number of nitrogens with one attached hydrogen (secondary N) is 1. The number of carbonyl (C=O) groups is 1. The molecule has 5 heteroatoms. The Morgan fingerprint density at radius 2 is 2.54 bits per heavy atom. The largest absolute Gasteiger partial charge is 0.398 e. The molecule has 0 aromatic carbocycles. The van der Waals surface area contributed by atoms with Gasteiger partial charge in [0.05, 0.1) is 0 Å². The van der Waals surface area contributed by atoms with Crippen LogP contribution >= 0.6 is 0 Å².